The molecule has 7 heteroatoms. The third-order valence-electron chi connectivity index (χ3n) is 3.13. The van der Waals surface area contributed by atoms with Gasteiger partial charge in [-0.2, -0.15) is 0 Å². The van der Waals surface area contributed by atoms with Gasteiger partial charge in [-0.05, 0) is 34.1 Å². The number of thioether (sulfide) groups is 1. The molecule has 0 fully saturated rings. The zero-order chi connectivity index (χ0) is 15.3. The van der Waals surface area contributed by atoms with Crippen LogP contribution in [0, 0.1) is 6.92 Å². The Labute approximate surface area is 124 Å². The second-order valence-corrected chi connectivity index (χ2v) is 6.37. The molecule has 0 radical (unpaired) electrons. The summed E-state index contributed by atoms with van der Waals surface area (Å²) in [7, 11) is 3.35. The Balaban J connectivity index is 2.63. The van der Waals surface area contributed by atoms with Crippen LogP contribution in [0.5, 0.6) is 0 Å². The van der Waals surface area contributed by atoms with Crippen LogP contribution in [-0.4, -0.2) is 45.2 Å². The summed E-state index contributed by atoms with van der Waals surface area (Å²) >= 11 is 1.59. The average Bonchev–Trinajstić information content (AvgIpc) is 2.68. The molecule has 6 nitrogen and oxygen atoms in total. The molecule has 0 bridgehead atoms. The maximum atomic E-state index is 12.0. The number of hydrogen-bond donors (Lipinski definition) is 1. The van der Waals surface area contributed by atoms with Gasteiger partial charge in [-0.3, -0.25) is 10.1 Å². The predicted octanol–water partition coefficient (Wildman–Crippen LogP) is 1.54. The van der Waals surface area contributed by atoms with E-state index in [1.807, 2.05) is 39.3 Å². The lowest BCUT2D eigenvalue weighted by Crippen LogP contribution is -2.53. The summed E-state index contributed by atoms with van der Waals surface area (Å²) in [5.41, 5.74) is -0.677. The lowest BCUT2D eigenvalue weighted by Gasteiger charge is -2.30. The summed E-state index contributed by atoms with van der Waals surface area (Å²) in [5.74, 6) is 1.40. The van der Waals surface area contributed by atoms with Crippen molar-refractivity contribution >= 4 is 17.7 Å². The molecule has 1 unspecified atom stereocenters. The van der Waals surface area contributed by atoms with Gasteiger partial charge in [-0.1, -0.05) is 11.8 Å². The molecule has 1 atom stereocenters. The highest BCUT2D eigenvalue weighted by atomic mass is 32.2. The van der Waals surface area contributed by atoms with Gasteiger partial charge in [0.2, 0.25) is 0 Å². The second kappa shape index (κ2) is 7.08. The van der Waals surface area contributed by atoms with Crippen LogP contribution in [0.1, 0.15) is 33.0 Å². The standard InChI is InChI=1S/C13H24N4O2S/c1-9(2)14-13(4,11(18)19-6)7-8-20-12-16-15-10(3)17(12)5/h9,14H,7-8H2,1-6H3. The number of methoxy groups -OCH3 is 1. The number of carbonyl (C=O) groups excluding carboxylic acids is 1. The van der Waals surface area contributed by atoms with Crippen LogP contribution in [-0.2, 0) is 16.6 Å². The van der Waals surface area contributed by atoms with Gasteiger partial charge < -0.3 is 9.30 Å². The van der Waals surface area contributed by atoms with Gasteiger partial charge in [0.05, 0.1) is 7.11 Å². The highest BCUT2D eigenvalue weighted by Crippen LogP contribution is 2.21. The molecule has 1 N–H and O–H groups in total. The van der Waals surface area contributed by atoms with Crippen LogP contribution in [0.3, 0.4) is 0 Å². The van der Waals surface area contributed by atoms with Gasteiger partial charge in [0, 0.05) is 18.8 Å². The van der Waals surface area contributed by atoms with Crippen LogP contribution in [0.4, 0.5) is 0 Å². The molecule has 0 aromatic carbocycles. The zero-order valence-electron chi connectivity index (χ0n) is 13.1. The molecule has 0 spiro atoms. The molecule has 0 aliphatic rings. The van der Waals surface area contributed by atoms with Crippen molar-refractivity contribution in [3.8, 4) is 0 Å². The number of hydrogen-bond acceptors (Lipinski definition) is 6. The number of aromatic nitrogens is 3. The van der Waals surface area contributed by atoms with E-state index >= 15 is 0 Å². The topological polar surface area (TPSA) is 69.0 Å². The van der Waals surface area contributed by atoms with E-state index in [0.717, 1.165) is 16.7 Å². The fourth-order valence-electron chi connectivity index (χ4n) is 1.96. The van der Waals surface area contributed by atoms with Gasteiger partial charge >= 0.3 is 5.97 Å². The Morgan fingerprint density at radius 1 is 1.50 bits per heavy atom. The fourth-order valence-corrected chi connectivity index (χ4v) is 3.07. The van der Waals surface area contributed by atoms with Gasteiger partial charge in [-0.15, -0.1) is 10.2 Å². The summed E-state index contributed by atoms with van der Waals surface area (Å²) in [6.45, 7) is 7.82. The van der Waals surface area contributed by atoms with E-state index in [1.54, 1.807) is 11.8 Å². The minimum Gasteiger partial charge on any atom is -0.468 e. The van der Waals surface area contributed by atoms with Crippen molar-refractivity contribution in [2.24, 2.45) is 7.05 Å². The maximum Gasteiger partial charge on any atom is 0.325 e. The first-order chi connectivity index (χ1) is 9.30. The van der Waals surface area contributed by atoms with Gasteiger partial charge in [0.15, 0.2) is 5.16 Å². The van der Waals surface area contributed by atoms with Crippen molar-refractivity contribution in [2.45, 2.75) is 50.9 Å². The highest BCUT2D eigenvalue weighted by Gasteiger charge is 2.34. The summed E-state index contributed by atoms with van der Waals surface area (Å²) in [4.78, 5) is 12.0. The molecule has 1 rings (SSSR count). The Hall–Kier alpha value is -1.08. The summed E-state index contributed by atoms with van der Waals surface area (Å²) in [6, 6.07) is 0.209. The quantitative estimate of drug-likeness (QED) is 0.608. The SMILES string of the molecule is COC(=O)C(C)(CCSc1nnc(C)n1C)NC(C)C. The molecule has 20 heavy (non-hydrogen) atoms. The third-order valence-corrected chi connectivity index (χ3v) is 4.15. The maximum absolute atomic E-state index is 12.0. The molecular weight excluding hydrogens is 276 g/mol. The molecule has 1 heterocycles. The summed E-state index contributed by atoms with van der Waals surface area (Å²) < 4.78 is 6.84. The van der Waals surface area contributed by atoms with Crippen molar-refractivity contribution in [1.29, 1.82) is 0 Å². The monoisotopic (exact) mass is 300 g/mol. The number of aryl methyl sites for hydroxylation is 1. The van der Waals surface area contributed by atoms with Crippen LogP contribution in [0.25, 0.3) is 0 Å². The Morgan fingerprint density at radius 3 is 2.60 bits per heavy atom. The van der Waals surface area contributed by atoms with E-state index in [9.17, 15) is 4.79 Å². The Morgan fingerprint density at radius 2 is 2.15 bits per heavy atom. The van der Waals surface area contributed by atoms with E-state index in [4.69, 9.17) is 4.74 Å². The molecule has 0 aliphatic carbocycles. The number of nitrogens with one attached hydrogen (secondary N) is 1. The highest BCUT2D eigenvalue weighted by molar-refractivity contribution is 7.99. The van der Waals surface area contributed by atoms with Crippen LogP contribution >= 0.6 is 11.8 Å². The first kappa shape index (κ1) is 17.0. The van der Waals surface area contributed by atoms with Crippen molar-refractivity contribution in [3.05, 3.63) is 5.82 Å². The lowest BCUT2D eigenvalue weighted by molar-refractivity contribution is -0.148. The Kier molecular flexibility index (Phi) is 6.01. The van der Waals surface area contributed by atoms with E-state index in [-0.39, 0.29) is 12.0 Å². The molecule has 0 saturated carbocycles. The molecule has 0 amide bonds. The molecule has 1 aromatic rings. The minimum atomic E-state index is -0.677. The number of esters is 1. The van der Waals surface area contributed by atoms with Crippen molar-refractivity contribution < 1.29 is 9.53 Å². The number of carbonyl (C=O) groups is 1. The predicted molar refractivity (Wildman–Crippen MR) is 79.8 cm³/mol. The number of ether oxygens (including phenoxy) is 1. The lowest BCUT2D eigenvalue weighted by atomic mass is 9.98. The zero-order valence-corrected chi connectivity index (χ0v) is 13.9. The largest absolute Gasteiger partial charge is 0.468 e. The van der Waals surface area contributed by atoms with Crippen LogP contribution in [0.2, 0.25) is 0 Å². The summed E-state index contributed by atoms with van der Waals surface area (Å²) in [5, 5.41) is 12.3. The number of rotatable bonds is 7. The molecule has 114 valence electrons. The normalized spacial score (nSPS) is 14.3. The minimum absolute atomic E-state index is 0.209. The van der Waals surface area contributed by atoms with E-state index in [2.05, 4.69) is 15.5 Å². The smallest absolute Gasteiger partial charge is 0.325 e. The van der Waals surface area contributed by atoms with Crippen molar-refractivity contribution in [2.75, 3.05) is 12.9 Å². The Bertz CT molecular complexity index is 461. The summed E-state index contributed by atoms with van der Waals surface area (Å²) in [6.07, 6.45) is 0.661. The van der Waals surface area contributed by atoms with Gasteiger partial charge in [-0.25, -0.2) is 0 Å². The van der Waals surface area contributed by atoms with Crippen molar-refractivity contribution in [1.82, 2.24) is 20.1 Å². The second-order valence-electron chi connectivity index (χ2n) is 5.31. The fraction of sp³-hybridized carbons (Fsp3) is 0.769. The van der Waals surface area contributed by atoms with Gasteiger partial charge in [0.1, 0.15) is 11.4 Å². The first-order valence-electron chi connectivity index (χ1n) is 6.65. The van der Waals surface area contributed by atoms with Gasteiger partial charge in [0.25, 0.3) is 0 Å². The van der Waals surface area contributed by atoms with Crippen LogP contribution in [0.15, 0.2) is 5.16 Å². The van der Waals surface area contributed by atoms with E-state index in [0.29, 0.717) is 6.42 Å². The van der Waals surface area contributed by atoms with Crippen molar-refractivity contribution in [3.63, 3.8) is 0 Å². The average molecular weight is 300 g/mol. The first-order valence-corrected chi connectivity index (χ1v) is 7.63. The molecule has 0 aliphatic heterocycles. The molecule has 1 aromatic heterocycles. The van der Waals surface area contributed by atoms with Crippen LogP contribution < -0.4 is 5.32 Å². The molecular formula is C13H24N4O2S. The van der Waals surface area contributed by atoms with E-state index < -0.39 is 5.54 Å². The van der Waals surface area contributed by atoms with E-state index in [1.165, 1.54) is 7.11 Å². The third kappa shape index (κ3) is 4.21. The molecule has 0 saturated heterocycles. The number of nitrogens with zero attached hydrogens (tertiary/aromatic N) is 3.